The van der Waals surface area contributed by atoms with Crippen LogP contribution in [-0.2, 0) is 11.3 Å². The number of hydrogen-bond donors (Lipinski definition) is 0. The van der Waals surface area contributed by atoms with E-state index in [1.165, 1.54) is 31.2 Å². The summed E-state index contributed by atoms with van der Waals surface area (Å²) in [5.41, 5.74) is 3.41. The Balaban J connectivity index is 1.81. The Kier molecular flexibility index (Phi) is 4.51. The normalized spacial score (nSPS) is 17.7. The molecule has 0 N–H and O–H groups in total. The predicted molar refractivity (Wildman–Crippen MR) is 86.9 cm³/mol. The van der Waals surface area contributed by atoms with E-state index in [1.54, 1.807) is 0 Å². The Morgan fingerprint density at radius 3 is 2.86 bits per heavy atom. The molecule has 0 bridgehead atoms. The lowest BCUT2D eigenvalue weighted by molar-refractivity contribution is 0.0531. The van der Waals surface area contributed by atoms with Gasteiger partial charge in [0.1, 0.15) is 5.82 Å². The first-order valence-electron chi connectivity index (χ1n) is 7.88. The van der Waals surface area contributed by atoms with E-state index in [-0.39, 0.29) is 5.38 Å². The van der Waals surface area contributed by atoms with Gasteiger partial charge < -0.3 is 9.30 Å². The molecular weight excluding hydrogens is 284 g/mol. The molecule has 0 saturated heterocycles. The van der Waals surface area contributed by atoms with E-state index < -0.39 is 0 Å². The maximum absolute atomic E-state index is 6.31. The second kappa shape index (κ2) is 6.37. The smallest absolute Gasteiger partial charge is 0.127 e. The van der Waals surface area contributed by atoms with E-state index in [9.17, 15) is 0 Å². The summed E-state index contributed by atoms with van der Waals surface area (Å²) < 4.78 is 8.22. The van der Waals surface area contributed by atoms with Crippen LogP contribution in [0.25, 0.3) is 11.0 Å². The molecule has 21 heavy (non-hydrogen) atoms. The summed E-state index contributed by atoms with van der Waals surface area (Å²) in [5.74, 6) is 0.941. The van der Waals surface area contributed by atoms with Crippen LogP contribution in [0.3, 0.4) is 0 Å². The Labute approximate surface area is 131 Å². The average Bonchev–Trinajstić information content (AvgIpc) is 3.08. The van der Waals surface area contributed by atoms with E-state index in [0.717, 1.165) is 30.0 Å². The lowest BCUT2D eigenvalue weighted by Crippen LogP contribution is -2.14. The van der Waals surface area contributed by atoms with Gasteiger partial charge in [-0.3, -0.25) is 0 Å². The third kappa shape index (κ3) is 3.09. The minimum atomic E-state index is -0.0942. The molecule has 0 radical (unpaired) electrons. The minimum Gasteiger partial charge on any atom is -0.376 e. The number of aromatic nitrogens is 2. The van der Waals surface area contributed by atoms with Crippen molar-refractivity contribution in [2.24, 2.45) is 0 Å². The summed E-state index contributed by atoms with van der Waals surface area (Å²) in [6.07, 6.45) is 5.49. The van der Waals surface area contributed by atoms with Gasteiger partial charge in [0.2, 0.25) is 0 Å². The van der Waals surface area contributed by atoms with Gasteiger partial charge in [-0.1, -0.05) is 25.0 Å². The highest BCUT2D eigenvalue weighted by molar-refractivity contribution is 6.20. The molecule has 1 unspecified atom stereocenters. The average molecular weight is 307 g/mol. The topological polar surface area (TPSA) is 27.1 Å². The van der Waals surface area contributed by atoms with Crippen molar-refractivity contribution >= 4 is 22.6 Å². The molecule has 4 heteroatoms. The van der Waals surface area contributed by atoms with Crippen molar-refractivity contribution in [3.05, 3.63) is 29.6 Å². The number of halogens is 1. The Hall–Kier alpha value is -1.06. The number of para-hydroxylation sites is 1. The van der Waals surface area contributed by atoms with Gasteiger partial charge in [-0.15, -0.1) is 11.6 Å². The largest absolute Gasteiger partial charge is 0.376 e. The monoisotopic (exact) mass is 306 g/mol. The Morgan fingerprint density at radius 2 is 2.14 bits per heavy atom. The van der Waals surface area contributed by atoms with Crippen LogP contribution in [0.5, 0.6) is 0 Å². The molecule has 2 aromatic rings. The van der Waals surface area contributed by atoms with Crippen LogP contribution in [0.15, 0.2) is 18.2 Å². The summed E-state index contributed by atoms with van der Waals surface area (Å²) in [5, 5.41) is -0.0942. The Bertz CT molecular complexity index is 615. The van der Waals surface area contributed by atoms with Crippen molar-refractivity contribution in [3.8, 4) is 0 Å². The van der Waals surface area contributed by atoms with Gasteiger partial charge in [0.25, 0.3) is 0 Å². The van der Waals surface area contributed by atoms with Crippen molar-refractivity contribution in [2.45, 2.75) is 57.6 Å². The lowest BCUT2D eigenvalue weighted by atomic mass is 10.2. The van der Waals surface area contributed by atoms with Gasteiger partial charge in [-0.2, -0.15) is 0 Å². The van der Waals surface area contributed by atoms with Gasteiger partial charge in [0, 0.05) is 6.54 Å². The van der Waals surface area contributed by atoms with Gasteiger partial charge in [0.15, 0.2) is 0 Å². The van der Waals surface area contributed by atoms with Crippen LogP contribution in [-0.4, -0.2) is 22.3 Å². The van der Waals surface area contributed by atoms with Crippen LogP contribution in [0.4, 0.5) is 0 Å². The maximum Gasteiger partial charge on any atom is 0.127 e. The van der Waals surface area contributed by atoms with E-state index >= 15 is 0 Å². The summed E-state index contributed by atoms with van der Waals surface area (Å²) in [4.78, 5) is 4.74. The van der Waals surface area contributed by atoms with Crippen LogP contribution in [0, 0.1) is 6.92 Å². The molecule has 1 aromatic heterocycles. The fraction of sp³-hybridized carbons (Fsp3) is 0.588. The highest BCUT2D eigenvalue weighted by Crippen LogP contribution is 2.27. The summed E-state index contributed by atoms with van der Waals surface area (Å²) >= 11 is 6.31. The molecule has 1 aromatic carbocycles. The second-order valence-electron chi connectivity index (χ2n) is 5.96. The van der Waals surface area contributed by atoms with Crippen molar-refractivity contribution in [3.63, 3.8) is 0 Å². The van der Waals surface area contributed by atoms with Gasteiger partial charge in [0.05, 0.1) is 29.1 Å². The number of fused-ring (bicyclic) bond motifs is 1. The third-order valence-corrected chi connectivity index (χ3v) is 4.53. The van der Waals surface area contributed by atoms with Crippen molar-refractivity contribution in [1.29, 1.82) is 0 Å². The number of rotatable bonds is 5. The quantitative estimate of drug-likeness (QED) is 0.755. The van der Waals surface area contributed by atoms with Crippen LogP contribution < -0.4 is 0 Å². The molecule has 1 saturated carbocycles. The molecule has 1 fully saturated rings. The van der Waals surface area contributed by atoms with Gasteiger partial charge in [-0.25, -0.2) is 4.98 Å². The number of benzene rings is 1. The third-order valence-electron chi connectivity index (χ3n) is 4.34. The second-order valence-corrected chi connectivity index (χ2v) is 6.61. The zero-order chi connectivity index (χ0) is 14.8. The first-order valence-corrected chi connectivity index (χ1v) is 8.32. The molecule has 1 atom stereocenters. The highest BCUT2D eigenvalue weighted by atomic mass is 35.5. The van der Waals surface area contributed by atoms with Gasteiger partial charge >= 0.3 is 0 Å². The molecule has 0 amide bonds. The summed E-state index contributed by atoms with van der Waals surface area (Å²) in [6.45, 7) is 5.63. The fourth-order valence-electron chi connectivity index (χ4n) is 3.21. The molecule has 114 valence electrons. The van der Waals surface area contributed by atoms with E-state index in [0.29, 0.717) is 6.10 Å². The summed E-state index contributed by atoms with van der Waals surface area (Å²) in [7, 11) is 0. The molecule has 3 rings (SSSR count). The predicted octanol–water partition coefficient (Wildman–Crippen LogP) is 4.60. The van der Waals surface area contributed by atoms with Crippen LogP contribution in [0.1, 0.15) is 49.4 Å². The maximum atomic E-state index is 6.31. The number of aryl methyl sites for hydroxylation is 1. The van der Waals surface area contributed by atoms with Gasteiger partial charge in [-0.05, 0) is 38.3 Å². The lowest BCUT2D eigenvalue weighted by Gasteiger charge is -2.14. The van der Waals surface area contributed by atoms with E-state index in [1.807, 2.05) is 6.92 Å². The number of imidazole rings is 1. The minimum absolute atomic E-state index is 0.0942. The van der Waals surface area contributed by atoms with Crippen LogP contribution >= 0.6 is 11.6 Å². The molecule has 0 spiro atoms. The van der Waals surface area contributed by atoms with Crippen LogP contribution in [0.2, 0.25) is 0 Å². The first-order chi connectivity index (χ1) is 10.2. The standard InChI is InChI=1S/C17H23ClN2O/c1-12-6-5-9-15-16(12)19-17(13(2)18)20(15)10-11-21-14-7-3-4-8-14/h5-6,9,13-14H,3-4,7-8,10-11H2,1-2H3. The molecule has 3 nitrogen and oxygen atoms in total. The zero-order valence-electron chi connectivity index (χ0n) is 12.8. The fourth-order valence-corrected chi connectivity index (χ4v) is 3.38. The molecule has 1 aliphatic carbocycles. The number of ether oxygens (including phenoxy) is 1. The summed E-state index contributed by atoms with van der Waals surface area (Å²) in [6, 6.07) is 6.29. The Morgan fingerprint density at radius 1 is 1.38 bits per heavy atom. The molecule has 0 aliphatic heterocycles. The molecule has 1 heterocycles. The van der Waals surface area contributed by atoms with Crippen molar-refractivity contribution < 1.29 is 4.74 Å². The zero-order valence-corrected chi connectivity index (χ0v) is 13.6. The first kappa shape index (κ1) is 14.9. The highest BCUT2D eigenvalue weighted by Gasteiger charge is 2.18. The number of alkyl halides is 1. The number of hydrogen-bond acceptors (Lipinski definition) is 2. The van der Waals surface area contributed by atoms with Crippen molar-refractivity contribution in [2.75, 3.05) is 6.61 Å². The van der Waals surface area contributed by atoms with E-state index in [4.69, 9.17) is 21.3 Å². The SMILES string of the molecule is Cc1cccc2c1nc(C(C)Cl)n2CCOC1CCCC1. The van der Waals surface area contributed by atoms with Crippen molar-refractivity contribution in [1.82, 2.24) is 9.55 Å². The molecule has 1 aliphatic rings. The van der Waals surface area contributed by atoms with E-state index in [2.05, 4.69) is 29.7 Å². The number of nitrogens with zero attached hydrogens (tertiary/aromatic N) is 2. The molecular formula is C17H23ClN2O.